The number of aromatic carboxylic acids is 1. The highest BCUT2D eigenvalue weighted by Crippen LogP contribution is 2.28. The number of amides is 1. The number of carboxylic acids is 1. The van der Waals surface area contributed by atoms with Crippen molar-refractivity contribution in [2.75, 3.05) is 19.7 Å². The number of rotatable bonds is 10. The van der Waals surface area contributed by atoms with Crippen LogP contribution < -0.4 is 5.32 Å². The Labute approximate surface area is 230 Å². The van der Waals surface area contributed by atoms with Gasteiger partial charge in [-0.3, -0.25) is 4.79 Å². The van der Waals surface area contributed by atoms with E-state index in [1.54, 1.807) is 11.8 Å². The Balaban J connectivity index is 0.000000403. The molecule has 2 heterocycles. The molecular weight excluding hydrogens is 496 g/mol. The maximum absolute atomic E-state index is 13.5. The number of phenolic OH excluding ortho intramolecular Hbond substituents is 1. The Hall–Kier alpha value is -3.69. The van der Waals surface area contributed by atoms with E-state index in [9.17, 15) is 24.9 Å². The fourth-order valence-corrected chi connectivity index (χ4v) is 4.57. The summed E-state index contributed by atoms with van der Waals surface area (Å²) in [6.07, 6.45) is 5.79. The van der Waals surface area contributed by atoms with E-state index < -0.39 is 5.97 Å². The molecule has 9 heteroatoms. The summed E-state index contributed by atoms with van der Waals surface area (Å²) in [6.45, 7) is 8.69. The summed E-state index contributed by atoms with van der Waals surface area (Å²) in [5, 5.41) is 36.6. The number of aliphatic hydroxyl groups is 1. The van der Waals surface area contributed by atoms with Gasteiger partial charge in [-0.2, -0.15) is 5.10 Å². The van der Waals surface area contributed by atoms with Gasteiger partial charge < -0.3 is 25.5 Å². The van der Waals surface area contributed by atoms with Crippen LogP contribution in [0.4, 0.5) is 0 Å². The van der Waals surface area contributed by atoms with Crippen molar-refractivity contribution < 1.29 is 24.9 Å². The van der Waals surface area contributed by atoms with Crippen LogP contribution in [0.1, 0.15) is 77.2 Å². The van der Waals surface area contributed by atoms with E-state index in [-0.39, 0.29) is 41.3 Å². The highest BCUT2D eigenvalue weighted by atomic mass is 16.4. The third kappa shape index (κ3) is 7.68. The van der Waals surface area contributed by atoms with E-state index in [1.165, 1.54) is 67.7 Å². The van der Waals surface area contributed by atoms with Crippen LogP contribution in [0, 0.1) is 6.92 Å². The molecule has 4 rings (SSSR count). The average Bonchev–Trinajstić information content (AvgIpc) is 3.34. The topological polar surface area (TPSA) is 128 Å². The lowest BCUT2D eigenvalue weighted by Crippen LogP contribution is -2.46. The van der Waals surface area contributed by atoms with Crippen LogP contribution >= 0.6 is 0 Å². The quantitative estimate of drug-likeness (QED) is 0.284. The number of unbranched alkanes of at least 4 members (excludes halogenated alkanes) is 2. The van der Waals surface area contributed by atoms with Crippen molar-refractivity contribution in [2.45, 2.75) is 65.5 Å². The zero-order chi connectivity index (χ0) is 28.4. The fourth-order valence-electron chi connectivity index (χ4n) is 4.57. The molecule has 0 bridgehead atoms. The van der Waals surface area contributed by atoms with Crippen molar-refractivity contribution in [2.24, 2.45) is 0 Å². The lowest BCUT2D eigenvalue weighted by atomic mass is 9.93. The maximum Gasteiger partial charge on any atom is 0.356 e. The highest BCUT2D eigenvalue weighted by Gasteiger charge is 2.31. The Kier molecular flexibility index (Phi) is 11.1. The predicted molar refractivity (Wildman–Crippen MR) is 151 cm³/mol. The molecule has 0 radical (unpaired) electrons. The van der Waals surface area contributed by atoms with Gasteiger partial charge in [0, 0.05) is 18.3 Å². The molecule has 0 unspecified atom stereocenters. The second-order valence-electron chi connectivity index (χ2n) is 9.79. The second-order valence-corrected chi connectivity index (χ2v) is 9.79. The molecule has 2 aromatic carbocycles. The monoisotopic (exact) mass is 536 g/mol. The zero-order valence-corrected chi connectivity index (χ0v) is 23.1. The van der Waals surface area contributed by atoms with Crippen LogP contribution in [0.25, 0.3) is 5.69 Å². The van der Waals surface area contributed by atoms with E-state index in [2.05, 4.69) is 24.3 Å². The number of aryl methyl sites for hydroxylation is 1. The van der Waals surface area contributed by atoms with Gasteiger partial charge in [-0.25, -0.2) is 9.48 Å². The molecule has 210 valence electrons. The first kappa shape index (κ1) is 29.9. The predicted octanol–water partition coefficient (Wildman–Crippen LogP) is 4.32. The third-order valence-electron chi connectivity index (χ3n) is 6.79. The van der Waals surface area contributed by atoms with Gasteiger partial charge in [0.1, 0.15) is 5.75 Å². The molecule has 0 fully saturated rings. The third-order valence-corrected chi connectivity index (χ3v) is 6.79. The van der Waals surface area contributed by atoms with Gasteiger partial charge in [-0.15, -0.1) is 0 Å². The second kappa shape index (κ2) is 14.5. The van der Waals surface area contributed by atoms with E-state index in [0.717, 1.165) is 11.1 Å². The lowest BCUT2D eigenvalue weighted by Gasteiger charge is -2.36. The van der Waals surface area contributed by atoms with Gasteiger partial charge in [0.2, 0.25) is 0 Å². The molecular formula is C30H40N4O5. The van der Waals surface area contributed by atoms with Crippen LogP contribution in [-0.4, -0.2) is 67.6 Å². The van der Waals surface area contributed by atoms with Crippen LogP contribution in [0.5, 0.6) is 5.75 Å². The summed E-state index contributed by atoms with van der Waals surface area (Å²) in [5.41, 5.74) is 3.00. The Bertz CT molecular complexity index is 1250. The molecule has 1 amide bonds. The number of carbonyl (C=O) groups is 2. The van der Waals surface area contributed by atoms with Crippen LogP contribution in [-0.2, 0) is 13.0 Å². The maximum atomic E-state index is 13.5. The summed E-state index contributed by atoms with van der Waals surface area (Å²) >= 11 is 0. The molecule has 0 saturated heterocycles. The fraction of sp³-hybridized carbons (Fsp3) is 0.433. The van der Waals surface area contributed by atoms with Crippen LogP contribution in [0.3, 0.4) is 0 Å². The number of phenols is 1. The Morgan fingerprint density at radius 1 is 1.03 bits per heavy atom. The van der Waals surface area contributed by atoms with Gasteiger partial charge in [-0.05, 0) is 68.6 Å². The molecule has 0 aliphatic carbocycles. The summed E-state index contributed by atoms with van der Waals surface area (Å²) in [6, 6.07) is 13.1. The number of nitrogens with one attached hydrogen (secondary N) is 1. The zero-order valence-electron chi connectivity index (χ0n) is 23.1. The molecule has 1 atom stereocenters. The molecule has 1 aliphatic heterocycles. The smallest absolute Gasteiger partial charge is 0.356 e. The van der Waals surface area contributed by atoms with Gasteiger partial charge in [0.25, 0.3) is 5.91 Å². The van der Waals surface area contributed by atoms with Crippen molar-refractivity contribution in [1.82, 2.24) is 20.0 Å². The number of hydrogen-bond acceptors (Lipinski definition) is 6. The molecule has 0 saturated carbocycles. The van der Waals surface area contributed by atoms with Crippen molar-refractivity contribution >= 4 is 11.9 Å². The minimum absolute atomic E-state index is 0.0731. The molecule has 9 nitrogen and oxygen atoms in total. The van der Waals surface area contributed by atoms with E-state index >= 15 is 0 Å². The van der Waals surface area contributed by atoms with E-state index in [4.69, 9.17) is 0 Å². The van der Waals surface area contributed by atoms with E-state index in [0.29, 0.717) is 18.7 Å². The first-order chi connectivity index (χ1) is 18.8. The molecule has 1 aromatic heterocycles. The van der Waals surface area contributed by atoms with E-state index in [1.807, 2.05) is 24.3 Å². The number of benzene rings is 2. The van der Waals surface area contributed by atoms with Crippen LogP contribution in [0.15, 0.2) is 48.5 Å². The van der Waals surface area contributed by atoms with Gasteiger partial charge in [0.15, 0.2) is 5.69 Å². The number of carbonyl (C=O) groups excluding carboxylic acids is 1. The minimum Gasteiger partial charge on any atom is -0.508 e. The summed E-state index contributed by atoms with van der Waals surface area (Å²) in [7, 11) is 0. The lowest BCUT2D eigenvalue weighted by molar-refractivity contribution is 0.0544. The van der Waals surface area contributed by atoms with Crippen molar-refractivity contribution in [1.29, 1.82) is 0 Å². The first-order valence-corrected chi connectivity index (χ1v) is 13.6. The number of aliphatic hydroxyl groups excluding tert-OH is 1. The molecule has 3 aromatic rings. The van der Waals surface area contributed by atoms with Crippen molar-refractivity contribution in [3.05, 3.63) is 76.6 Å². The number of aromatic hydroxyl groups is 1. The minimum atomic E-state index is -1.18. The number of hydrogen-bond donors (Lipinski definition) is 4. The number of carboxylic acid groups (broad SMARTS) is 1. The summed E-state index contributed by atoms with van der Waals surface area (Å²) < 4.78 is 1.34. The van der Waals surface area contributed by atoms with Crippen molar-refractivity contribution in [3.63, 3.8) is 0 Å². The Morgan fingerprint density at radius 2 is 1.69 bits per heavy atom. The van der Waals surface area contributed by atoms with Gasteiger partial charge in [-0.1, -0.05) is 51.0 Å². The summed E-state index contributed by atoms with van der Waals surface area (Å²) in [4.78, 5) is 26.4. The summed E-state index contributed by atoms with van der Waals surface area (Å²) in [5.74, 6) is -1.58. The number of aromatic nitrogens is 2. The van der Waals surface area contributed by atoms with Gasteiger partial charge >= 0.3 is 5.97 Å². The molecule has 1 aliphatic rings. The Morgan fingerprint density at radius 3 is 2.28 bits per heavy atom. The number of nitrogens with zero attached hydrogens (tertiary/aromatic N) is 3. The highest BCUT2D eigenvalue weighted by molar-refractivity contribution is 5.98. The molecule has 4 N–H and O–H groups in total. The number of fused-ring (bicyclic) bond motifs is 1. The van der Waals surface area contributed by atoms with Gasteiger partial charge in [0.05, 0.1) is 23.9 Å². The van der Waals surface area contributed by atoms with Crippen molar-refractivity contribution in [3.8, 4) is 11.4 Å². The standard InChI is InChI=1S/C22H21N3O5.C8H19N/c1-13-8-19(22(29)30)23-25(13)20-10-17(27)6-7-18(20)21(28)24-11-15-5-3-2-4-14(15)9-16(24)12-26;1-3-5-7-9-8-6-4-2/h2-8,10,16,26-27H,9,11-12H2,1H3,(H,29,30);9H,3-8H2,1-2H3/t16-;/m0./s1. The molecule has 0 spiro atoms. The normalized spacial score (nSPS) is 14.4. The average molecular weight is 537 g/mol. The largest absolute Gasteiger partial charge is 0.508 e. The first-order valence-electron chi connectivity index (χ1n) is 13.6. The molecule has 39 heavy (non-hydrogen) atoms. The SMILES string of the molecule is CCCCNCCCC.Cc1cc(C(=O)O)nn1-c1cc(O)ccc1C(=O)N1Cc2ccccc2C[C@H]1CO. The van der Waals surface area contributed by atoms with Crippen LogP contribution in [0.2, 0.25) is 0 Å².